The third-order valence-corrected chi connectivity index (χ3v) is 2.43. The number of hydrogen-bond donors (Lipinski definition) is 2. The van der Waals surface area contributed by atoms with E-state index < -0.39 is 5.97 Å². The molecular weight excluding hydrogens is 242 g/mol. The Morgan fingerprint density at radius 2 is 2.29 bits per heavy atom. The van der Waals surface area contributed by atoms with E-state index in [-0.39, 0.29) is 5.56 Å². The third-order valence-electron chi connectivity index (χ3n) is 2.20. The lowest BCUT2D eigenvalue weighted by molar-refractivity contribution is 0.0698. The zero-order chi connectivity index (χ0) is 12.4. The van der Waals surface area contributed by atoms with Crippen LogP contribution in [0, 0.1) is 0 Å². The van der Waals surface area contributed by atoms with Gasteiger partial charge in [-0.2, -0.15) is 5.10 Å². The van der Waals surface area contributed by atoms with Gasteiger partial charge in [0.1, 0.15) is 0 Å². The molecule has 0 amide bonds. The van der Waals surface area contributed by atoms with Crippen molar-refractivity contribution in [3.63, 3.8) is 0 Å². The van der Waals surface area contributed by atoms with Gasteiger partial charge in [-0.15, -0.1) is 0 Å². The Balaban J connectivity index is 2.35. The van der Waals surface area contributed by atoms with Crippen molar-refractivity contribution in [3.8, 4) is 0 Å². The molecule has 1 aromatic carbocycles. The van der Waals surface area contributed by atoms with Crippen molar-refractivity contribution in [1.82, 2.24) is 9.78 Å². The lowest BCUT2D eigenvalue weighted by atomic mass is 10.2. The molecule has 2 N–H and O–H groups in total. The fourth-order valence-electron chi connectivity index (χ4n) is 1.44. The maximum absolute atomic E-state index is 11.0. The summed E-state index contributed by atoms with van der Waals surface area (Å²) in [4.78, 5) is 11.0. The van der Waals surface area contributed by atoms with Crippen LogP contribution in [0.1, 0.15) is 10.4 Å². The van der Waals surface area contributed by atoms with Gasteiger partial charge in [0.2, 0.25) is 0 Å². The van der Waals surface area contributed by atoms with Crippen LogP contribution in [0.4, 0.5) is 11.4 Å². The van der Waals surface area contributed by atoms with Crippen LogP contribution < -0.4 is 5.32 Å². The van der Waals surface area contributed by atoms with Gasteiger partial charge >= 0.3 is 5.97 Å². The molecule has 0 saturated heterocycles. The normalized spacial score (nSPS) is 10.2. The number of nitrogens with zero attached hydrogens (tertiary/aromatic N) is 2. The highest BCUT2D eigenvalue weighted by molar-refractivity contribution is 6.31. The number of carboxylic acid groups (broad SMARTS) is 1. The molecule has 6 heteroatoms. The molecule has 0 spiro atoms. The number of carbonyl (C=O) groups is 1. The molecule has 1 heterocycles. The van der Waals surface area contributed by atoms with Gasteiger partial charge in [-0.25, -0.2) is 4.79 Å². The number of aromatic nitrogens is 2. The average molecular weight is 252 g/mol. The molecule has 0 unspecified atom stereocenters. The fourth-order valence-corrected chi connectivity index (χ4v) is 1.62. The van der Waals surface area contributed by atoms with Gasteiger partial charge in [0.25, 0.3) is 0 Å². The summed E-state index contributed by atoms with van der Waals surface area (Å²) in [7, 11) is 1.78. The Labute approximate surface area is 103 Å². The zero-order valence-corrected chi connectivity index (χ0v) is 9.77. The lowest BCUT2D eigenvalue weighted by Crippen LogP contribution is -2.02. The molecule has 0 aliphatic carbocycles. The van der Waals surface area contributed by atoms with Crippen molar-refractivity contribution >= 4 is 28.9 Å². The number of halogens is 1. The average Bonchev–Trinajstić information content (AvgIpc) is 2.66. The summed E-state index contributed by atoms with van der Waals surface area (Å²) in [6.45, 7) is 0. The first-order valence-electron chi connectivity index (χ1n) is 4.85. The molecule has 2 aromatic rings. The Hall–Kier alpha value is -2.01. The van der Waals surface area contributed by atoms with E-state index in [9.17, 15) is 4.79 Å². The Bertz CT molecular complexity index is 566. The SMILES string of the molecule is Cn1cc(Nc2ccc(Cl)cc2C(=O)O)cn1. The molecule has 0 aliphatic rings. The summed E-state index contributed by atoms with van der Waals surface area (Å²) in [5.41, 5.74) is 1.33. The maximum atomic E-state index is 11.0. The molecule has 0 fully saturated rings. The number of aryl methyl sites for hydroxylation is 1. The van der Waals surface area contributed by atoms with E-state index >= 15 is 0 Å². The molecule has 1 aromatic heterocycles. The maximum Gasteiger partial charge on any atom is 0.337 e. The summed E-state index contributed by atoms with van der Waals surface area (Å²) in [6, 6.07) is 4.66. The molecule has 2 rings (SSSR count). The van der Waals surface area contributed by atoms with Gasteiger partial charge in [0, 0.05) is 18.3 Å². The van der Waals surface area contributed by atoms with Gasteiger partial charge in [-0.05, 0) is 18.2 Å². The highest BCUT2D eigenvalue weighted by Gasteiger charge is 2.11. The van der Waals surface area contributed by atoms with Gasteiger partial charge in [-0.3, -0.25) is 4.68 Å². The van der Waals surface area contributed by atoms with Crippen LogP contribution in [0.3, 0.4) is 0 Å². The van der Waals surface area contributed by atoms with Crippen LogP contribution >= 0.6 is 11.6 Å². The summed E-state index contributed by atoms with van der Waals surface area (Å²) < 4.78 is 1.62. The smallest absolute Gasteiger partial charge is 0.337 e. The minimum absolute atomic E-state index is 0.126. The molecule has 0 atom stereocenters. The summed E-state index contributed by atoms with van der Waals surface area (Å²) >= 11 is 5.76. The standard InChI is InChI=1S/C11H10ClN3O2/c1-15-6-8(5-13-15)14-10-3-2-7(12)4-9(10)11(16)17/h2-6,14H,1H3,(H,16,17). The van der Waals surface area contributed by atoms with E-state index in [1.165, 1.54) is 6.07 Å². The number of anilines is 2. The molecule has 0 aliphatic heterocycles. The summed E-state index contributed by atoms with van der Waals surface area (Å²) in [5, 5.41) is 16.4. The molecule has 0 saturated carbocycles. The zero-order valence-electron chi connectivity index (χ0n) is 9.01. The predicted molar refractivity (Wildman–Crippen MR) is 64.9 cm³/mol. The monoisotopic (exact) mass is 251 g/mol. The van der Waals surface area contributed by atoms with E-state index in [1.54, 1.807) is 36.3 Å². The minimum Gasteiger partial charge on any atom is -0.478 e. The van der Waals surface area contributed by atoms with Crippen LogP contribution in [0.15, 0.2) is 30.6 Å². The topological polar surface area (TPSA) is 67.2 Å². The van der Waals surface area contributed by atoms with Gasteiger partial charge in [-0.1, -0.05) is 11.6 Å². The van der Waals surface area contributed by atoms with Gasteiger partial charge < -0.3 is 10.4 Å². The summed E-state index contributed by atoms with van der Waals surface area (Å²) in [5.74, 6) is -1.03. The fraction of sp³-hybridized carbons (Fsp3) is 0.0909. The van der Waals surface area contributed by atoms with Crippen molar-refractivity contribution in [2.75, 3.05) is 5.32 Å². The van der Waals surface area contributed by atoms with Crippen LogP contribution in [-0.4, -0.2) is 20.9 Å². The molecule has 88 valence electrons. The predicted octanol–water partition coefficient (Wildman–Crippen LogP) is 2.52. The quantitative estimate of drug-likeness (QED) is 0.880. The van der Waals surface area contributed by atoms with E-state index in [0.717, 1.165) is 5.69 Å². The first kappa shape index (κ1) is 11.5. The lowest BCUT2D eigenvalue weighted by Gasteiger charge is -2.07. The minimum atomic E-state index is -1.03. The van der Waals surface area contributed by atoms with Crippen molar-refractivity contribution in [3.05, 3.63) is 41.2 Å². The number of benzene rings is 1. The summed E-state index contributed by atoms with van der Waals surface area (Å²) in [6.07, 6.45) is 3.36. The van der Waals surface area contributed by atoms with E-state index in [4.69, 9.17) is 16.7 Å². The van der Waals surface area contributed by atoms with Crippen LogP contribution in [0.2, 0.25) is 5.02 Å². The van der Waals surface area contributed by atoms with E-state index in [1.807, 2.05) is 0 Å². The Kier molecular flexibility index (Phi) is 3.01. The number of carboxylic acids is 1. The Morgan fingerprint density at radius 3 is 2.88 bits per heavy atom. The van der Waals surface area contributed by atoms with Crippen LogP contribution in [0.25, 0.3) is 0 Å². The van der Waals surface area contributed by atoms with Crippen molar-refractivity contribution in [2.45, 2.75) is 0 Å². The van der Waals surface area contributed by atoms with Crippen molar-refractivity contribution in [2.24, 2.45) is 7.05 Å². The van der Waals surface area contributed by atoms with E-state index in [2.05, 4.69) is 10.4 Å². The first-order chi connectivity index (χ1) is 8.06. The number of nitrogens with one attached hydrogen (secondary N) is 1. The van der Waals surface area contributed by atoms with E-state index in [0.29, 0.717) is 10.7 Å². The number of hydrogen-bond acceptors (Lipinski definition) is 3. The molecular formula is C11H10ClN3O2. The second-order valence-electron chi connectivity index (χ2n) is 3.52. The van der Waals surface area contributed by atoms with Crippen molar-refractivity contribution < 1.29 is 9.90 Å². The highest BCUT2D eigenvalue weighted by atomic mass is 35.5. The molecule has 5 nitrogen and oxygen atoms in total. The number of aromatic carboxylic acids is 1. The van der Waals surface area contributed by atoms with Crippen LogP contribution in [0.5, 0.6) is 0 Å². The molecule has 0 bridgehead atoms. The van der Waals surface area contributed by atoms with Gasteiger partial charge in [0.05, 0.1) is 23.1 Å². The second-order valence-corrected chi connectivity index (χ2v) is 3.96. The Morgan fingerprint density at radius 1 is 1.53 bits per heavy atom. The van der Waals surface area contributed by atoms with Gasteiger partial charge in [0.15, 0.2) is 0 Å². The second kappa shape index (κ2) is 4.47. The highest BCUT2D eigenvalue weighted by Crippen LogP contribution is 2.24. The third kappa shape index (κ3) is 2.57. The number of rotatable bonds is 3. The molecule has 17 heavy (non-hydrogen) atoms. The molecule has 0 radical (unpaired) electrons. The van der Waals surface area contributed by atoms with Crippen LogP contribution in [-0.2, 0) is 7.05 Å². The van der Waals surface area contributed by atoms with Crippen molar-refractivity contribution in [1.29, 1.82) is 0 Å². The first-order valence-corrected chi connectivity index (χ1v) is 5.22. The largest absolute Gasteiger partial charge is 0.478 e.